The third kappa shape index (κ3) is 4.03. The number of amides is 1. The summed E-state index contributed by atoms with van der Waals surface area (Å²) in [5.41, 5.74) is 0.648. The van der Waals surface area contributed by atoms with E-state index in [4.69, 9.17) is 4.74 Å². The van der Waals surface area contributed by atoms with E-state index >= 15 is 0 Å². The number of carbonyl (C=O) groups is 1. The van der Waals surface area contributed by atoms with E-state index in [-0.39, 0.29) is 24.2 Å². The molecule has 2 fully saturated rings. The van der Waals surface area contributed by atoms with Crippen LogP contribution in [0.1, 0.15) is 72.0 Å². The monoisotopic (exact) mass is 359 g/mol. The van der Waals surface area contributed by atoms with Gasteiger partial charge in [0.2, 0.25) is 0 Å². The quantitative estimate of drug-likeness (QED) is 0.803. The van der Waals surface area contributed by atoms with E-state index in [1.165, 1.54) is 6.42 Å². The Morgan fingerprint density at radius 3 is 2.65 bits per heavy atom. The lowest BCUT2D eigenvalue weighted by molar-refractivity contribution is 0.00525. The highest BCUT2D eigenvalue weighted by molar-refractivity contribution is 5.69. The minimum absolute atomic E-state index is 0.162. The van der Waals surface area contributed by atoms with Crippen LogP contribution in [-0.4, -0.2) is 51.1 Å². The number of ether oxygens (including phenoxy) is 1. The molecule has 5 nitrogen and oxygen atoms in total. The largest absolute Gasteiger partial charge is 0.444 e. The van der Waals surface area contributed by atoms with Crippen molar-refractivity contribution in [3.8, 4) is 0 Å². The van der Waals surface area contributed by atoms with E-state index in [1.807, 2.05) is 37.9 Å². The zero-order valence-corrected chi connectivity index (χ0v) is 16.8. The molecule has 4 atom stereocenters. The Morgan fingerprint density at radius 1 is 1.23 bits per heavy atom. The van der Waals surface area contributed by atoms with Crippen molar-refractivity contribution in [1.29, 1.82) is 0 Å². The number of pyridine rings is 1. The van der Waals surface area contributed by atoms with Gasteiger partial charge in [-0.05, 0) is 79.0 Å². The molecule has 0 saturated carbocycles. The van der Waals surface area contributed by atoms with Gasteiger partial charge >= 0.3 is 6.09 Å². The molecule has 26 heavy (non-hydrogen) atoms. The van der Waals surface area contributed by atoms with Gasteiger partial charge in [0.25, 0.3) is 0 Å². The fourth-order valence-corrected chi connectivity index (χ4v) is 4.53. The second-order valence-corrected chi connectivity index (χ2v) is 8.76. The smallest absolute Gasteiger partial charge is 0.410 e. The topological polar surface area (TPSA) is 45.7 Å². The molecular formula is C21H33N3O2. The molecule has 0 aliphatic carbocycles. The Morgan fingerprint density at radius 2 is 2.00 bits per heavy atom. The molecule has 3 rings (SSSR count). The SMILES string of the molecule is C[C@H](c1ccccn1)N1CCC[C@H]1[C@@H]1CC[C@H](C)N1C(=O)OC(C)(C)C. The van der Waals surface area contributed by atoms with E-state index in [2.05, 4.69) is 35.9 Å². The first-order chi connectivity index (χ1) is 12.3. The van der Waals surface area contributed by atoms with Crippen molar-refractivity contribution >= 4 is 6.09 Å². The summed E-state index contributed by atoms with van der Waals surface area (Å²) in [6, 6.07) is 7.22. The number of nitrogens with zero attached hydrogens (tertiary/aromatic N) is 3. The summed E-state index contributed by atoms with van der Waals surface area (Å²) < 4.78 is 5.72. The lowest BCUT2D eigenvalue weighted by atomic mass is 10.0. The highest BCUT2D eigenvalue weighted by Gasteiger charge is 2.45. The van der Waals surface area contributed by atoms with E-state index in [9.17, 15) is 4.79 Å². The summed E-state index contributed by atoms with van der Waals surface area (Å²) in [6.45, 7) is 11.3. The van der Waals surface area contributed by atoms with Crippen molar-refractivity contribution < 1.29 is 9.53 Å². The second kappa shape index (κ2) is 7.55. The third-order valence-corrected chi connectivity index (χ3v) is 5.72. The molecule has 1 aromatic heterocycles. The predicted molar refractivity (Wildman–Crippen MR) is 103 cm³/mol. The van der Waals surface area contributed by atoms with Gasteiger partial charge in [-0.3, -0.25) is 9.88 Å². The Kier molecular flexibility index (Phi) is 5.56. The van der Waals surface area contributed by atoms with Gasteiger partial charge in [0.05, 0.1) is 11.7 Å². The molecule has 0 radical (unpaired) electrons. The van der Waals surface area contributed by atoms with Crippen molar-refractivity contribution in [3.63, 3.8) is 0 Å². The zero-order valence-electron chi connectivity index (χ0n) is 16.8. The lowest BCUT2D eigenvalue weighted by Gasteiger charge is -2.39. The highest BCUT2D eigenvalue weighted by atomic mass is 16.6. The highest BCUT2D eigenvalue weighted by Crippen LogP contribution is 2.37. The van der Waals surface area contributed by atoms with Gasteiger partial charge in [-0.2, -0.15) is 0 Å². The van der Waals surface area contributed by atoms with E-state index in [0.717, 1.165) is 31.5 Å². The fourth-order valence-electron chi connectivity index (χ4n) is 4.53. The Balaban J connectivity index is 1.78. The summed E-state index contributed by atoms with van der Waals surface area (Å²) in [5, 5.41) is 0. The zero-order chi connectivity index (χ0) is 18.9. The molecule has 144 valence electrons. The van der Waals surface area contributed by atoms with Gasteiger partial charge < -0.3 is 9.64 Å². The van der Waals surface area contributed by atoms with Crippen molar-refractivity contribution in [2.75, 3.05) is 6.54 Å². The number of hydrogen-bond donors (Lipinski definition) is 0. The summed E-state index contributed by atoms with van der Waals surface area (Å²) in [4.78, 5) is 22.0. The van der Waals surface area contributed by atoms with Crippen LogP contribution in [0.5, 0.6) is 0 Å². The van der Waals surface area contributed by atoms with Crippen LogP contribution >= 0.6 is 0 Å². The van der Waals surface area contributed by atoms with Gasteiger partial charge in [0, 0.05) is 24.3 Å². The van der Waals surface area contributed by atoms with Crippen LogP contribution < -0.4 is 0 Å². The molecule has 3 heterocycles. The third-order valence-electron chi connectivity index (χ3n) is 5.72. The molecule has 0 bridgehead atoms. The standard InChI is InChI=1S/C21H33N3O2/c1-15-11-12-19(24(15)20(25)26-21(3,4)5)18-10-8-14-23(18)16(2)17-9-6-7-13-22-17/h6-7,9,13,15-16,18-19H,8,10-12,14H2,1-5H3/t15-,16+,18-,19-/m0/s1. The minimum Gasteiger partial charge on any atom is -0.444 e. The maximum atomic E-state index is 12.9. The molecule has 0 aromatic carbocycles. The summed E-state index contributed by atoms with van der Waals surface area (Å²) in [7, 11) is 0. The molecule has 0 N–H and O–H groups in total. The van der Waals surface area contributed by atoms with Gasteiger partial charge in [-0.25, -0.2) is 4.79 Å². The Bertz CT molecular complexity index is 613. The minimum atomic E-state index is -0.458. The molecule has 0 unspecified atom stereocenters. The average Bonchev–Trinajstić information content (AvgIpc) is 3.19. The van der Waals surface area contributed by atoms with Crippen molar-refractivity contribution in [2.45, 2.75) is 90.1 Å². The number of hydrogen-bond acceptors (Lipinski definition) is 4. The number of carbonyl (C=O) groups excluding carboxylic acids is 1. The van der Waals surface area contributed by atoms with Crippen molar-refractivity contribution in [2.24, 2.45) is 0 Å². The van der Waals surface area contributed by atoms with Crippen LogP contribution in [0.2, 0.25) is 0 Å². The lowest BCUT2D eigenvalue weighted by Crippen LogP contribution is -2.51. The number of likely N-dealkylation sites (tertiary alicyclic amines) is 2. The van der Waals surface area contributed by atoms with Gasteiger partial charge in [0.1, 0.15) is 5.60 Å². The van der Waals surface area contributed by atoms with E-state index in [1.54, 1.807) is 0 Å². The number of rotatable bonds is 3. The van der Waals surface area contributed by atoms with Gasteiger partial charge in [-0.1, -0.05) is 6.07 Å². The van der Waals surface area contributed by atoms with Crippen LogP contribution in [0.4, 0.5) is 4.79 Å². The molecule has 2 saturated heterocycles. The Hall–Kier alpha value is -1.62. The average molecular weight is 360 g/mol. The number of aromatic nitrogens is 1. The van der Waals surface area contributed by atoms with E-state index < -0.39 is 5.60 Å². The maximum Gasteiger partial charge on any atom is 0.410 e. The van der Waals surface area contributed by atoms with Crippen molar-refractivity contribution in [3.05, 3.63) is 30.1 Å². The fraction of sp³-hybridized carbons (Fsp3) is 0.714. The first-order valence-corrected chi connectivity index (χ1v) is 9.96. The van der Waals surface area contributed by atoms with Crippen LogP contribution in [-0.2, 0) is 4.74 Å². The van der Waals surface area contributed by atoms with Crippen LogP contribution in [0.3, 0.4) is 0 Å². The van der Waals surface area contributed by atoms with Gasteiger partial charge in [-0.15, -0.1) is 0 Å². The molecule has 0 spiro atoms. The molecule has 1 aromatic rings. The maximum absolute atomic E-state index is 12.9. The van der Waals surface area contributed by atoms with E-state index in [0.29, 0.717) is 6.04 Å². The molecule has 1 amide bonds. The van der Waals surface area contributed by atoms with Crippen LogP contribution in [0.15, 0.2) is 24.4 Å². The molecule has 2 aliphatic rings. The van der Waals surface area contributed by atoms with Crippen LogP contribution in [0, 0.1) is 0 Å². The van der Waals surface area contributed by atoms with Crippen LogP contribution in [0.25, 0.3) is 0 Å². The normalized spacial score (nSPS) is 28.3. The molecular weight excluding hydrogens is 326 g/mol. The summed E-state index contributed by atoms with van der Waals surface area (Å²) >= 11 is 0. The molecule has 5 heteroatoms. The predicted octanol–water partition coefficient (Wildman–Crippen LogP) is 4.40. The second-order valence-electron chi connectivity index (χ2n) is 8.76. The van der Waals surface area contributed by atoms with Crippen molar-refractivity contribution in [1.82, 2.24) is 14.8 Å². The first-order valence-electron chi connectivity index (χ1n) is 9.96. The van der Waals surface area contributed by atoms with Gasteiger partial charge in [0.15, 0.2) is 0 Å². The molecule has 2 aliphatic heterocycles. The first kappa shape index (κ1) is 19.2. The Labute approximate surface area is 157 Å². The summed E-state index contributed by atoms with van der Waals surface area (Å²) in [5.74, 6) is 0. The summed E-state index contributed by atoms with van der Waals surface area (Å²) in [6.07, 6.45) is 6.11.